The summed E-state index contributed by atoms with van der Waals surface area (Å²) < 4.78 is 16.9. The smallest absolute Gasteiger partial charge is 0.255 e. The van der Waals surface area contributed by atoms with E-state index in [0.29, 0.717) is 47.3 Å². The van der Waals surface area contributed by atoms with Crippen molar-refractivity contribution in [3.63, 3.8) is 0 Å². The normalized spacial score (nSPS) is 22.2. The van der Waals surface area contributed by atoms with E-state index in [4.69, 9.17) is 5.10 Å². The van der Waals surface area contributed by atoms with Crippen molar-refractivity contribution < 1.29 is 18.8 Å². The van der Waals surface area contributed by atoms with Gasteiger partial charge in [-0.15, -0.1) is 0 Å². The third-order valence-corrected chi connectivity index (χ3v) is 13.4. The minimum absolute atomic E-state index is 0.0155. The average Bonchev–Trinajstić information content (AvgIpc) is 3.59. The van der Waals surface area contributed by atoms with Crippen LogP contribution in [0.4, 0.5) is 10.3 Å². The van der Waals surface area contributed by atoms with Crippen molar-refractivity contribution in [2.75, 3.05) is 38.0 Å². The van der Waals surface area contributed by atoms with Crippen LogP contribution in [0.3, 0.4) is 0 Å². The van der Waals surface area contributed by atoms with Gasteiger partial charge in [-0.1, -0.05) is 30.3 Å². The van der Waals surface area contributed by atoms with Gasteiger partial charge in [0.15, 0.2) is 5.82 Å². The van der Waals surface area contributed by atoms with Crippen LogP contribution in [0.15, 0.2) is 71.8 Å². The summed E-state index contributed by atoms with van der Waals surface area (Å²) in [4.78, 5) is 66.4. The summed E-state index contributed by atoms with van der Waals surface area (Å²) in [6.45, 7) is 4.82. The van der Waals surface area contributed by atoms with Crippen molar-refractivity contribution in [1.29, 1.82) is 0 Å². The van der Waals surface area contributed by atoms with Crippen LogP contribution in [0.2, 0.25) is 0 Å². The lowest BCUT2D eigenvalue weighted by molar-refractivity contribution is -0.138. The highest BCUT2D eigenvalue weighted by molar-refractivity contribution is 6.02. The molecule has 3 aromatic heterocycles. The van der Waals surface area contributed by atoms with E-state index in [2.05, 4.69) is 53.6 Å². The molecule has 0 bridgehead atoms. The van der Waals surface area contributed by atoms with Crippen LogP contribution in [-0.4, -0.2) is 91.0 Å². The van der Waals surface area contributed by atoms with Gasteiger partial charge in [0.1, 0.15) is 5.69 Å². The van der Waals surface area contributed by atoms with Gasteiger partial charge in [0.05, 0.1) is 23.3 Å². The number of aryl methyl sites for hydroxylation is 1. The average molecular weight is 814 g/mol. The van der Waals surface area contributed by atoms with Crippen molar-refractivity contribution in [2.45, 2.75) is 82.1 Å². The summed E-state index contributed by atoms with van der Waals surface area (Å²) in [5.41, 5.74) is 4.78. The van der Waals surface area contributed by atoms with Crippen molar-refractivity contribution in [1.82, 2.24) is 39.8 Å². The summed E-state index contributed by atoms with van der Waals surface area (Å²) in [5.74, 6) is 0.296. The van der Waals surface area contributed by atoms with Gasteiger partial charge in [0.25, 0.3) is 5.56 Å². The lowest BCUT2D eigenvalue weighted by Gasteiger charge is -2.39. The van der Waals surface area contributed by atoms with Gasteiger partial charge < -0.3 is 20.1 Å². The van der Waals surface area contributed by atoms with Crippen LogP contribution in [0.5, 0.6) is 0 Å². The van der Waals surface area contributed by atoms with Gasteiger partial charge in [-0.25, -0.2) is 14.4 Å². The first-order valence-electron chi connectivity index (χ1n) is 21.6. The number of carbonyl (C=O) groups is 3. The number of aromatic amines is 1. The first-order valence-corrected chi connectivity index (χ1v) is 21.6. The molecule has 14 heteroatoms. The van der Waals surface area contributed by atoms with Gasteiger partial charge in [0, 0.05) is 67.8 Å². The monoisotopic (exact) mass is 813 g/mol. The molecule has 1 saturated carbocycles. The molecule has 5 aromatic rings. The van der Waals surface area contributed by atoms with Crippen LogP contribution < -0.4 is 16.2 Å². The Morgan fingerprint density at radius 3 is 2.43 bits per heavy atom. The number of H-pyrrole nitrogens is 1. The number of nitrogens with one attached hydrogen (secondary N) is 3. The Morgan fingerprint density at radius 2 is 1.67 bits per heavy atom. The molecule has 2 aromatic carbocycles. The number of hydrogen-bond acceptors (Lipinski definition) is 9. The van der Waals surface area contributed by atoms with Crippen molar-refractivity contribution in [3.8, 4) is 22.4 Å². The number of nitrogens with zero attached hydrogens (tertiary/aromatic N) is 6. The number of carbonyl (C=O) groups excluding carboxylic acids is 3. The van der Waals surface area contributed by atoms with Crippen LogP contribution in [-0.2, 0) is 21.4 Å². The maximum Gasteiger partial charge on any atom is 0.255 e. The van der Waals surface area contributed by atoms with E-state index in [-0.39, 0.29) is 40.9 Å². The fourth-order valence-electron chi connectivity index (χ4n) is 9.97. The highest BCUT2D eigenvalue weighted by Crippen LogP contribution is 2.36. The number of aromatic nitrogens is 5. The third kappa shape index (κ3) is 8.34. The number of likely N-dealkylation sites (tertiary alicyclic amines) is 2. The lowest BCUT2D eigenvalue weighted by Crippen LogP contribution is -2.45. The SMILES string of the molecule is Cn1nc(C2CCC(=O)NC2=O)c2ccc(C3CCN(CC4CCN(C(=O)C5CCC(Nc6ncc(F)c(-c7cccc(-c8ccc[nH]c8=O)c7)n6)CC5)CC4)CC3)cc21. The standard InChI is InChI=1S/C46H52FN9O4/c1-54-39-25-31(9-12-36(39)42(53-54)37-13-14-40(57)51-44(37)59)29-17-20-55(21-18-29)27-28-15-22-56(23-16-28)45(60)30-7-10-34(11-8-30)50-46-49-26-38(47)41(52-46)33-5-2-4-32(24-33)35-6-3-19-48-43(35)58/h2-6,9,12,19,24-26,28-30,34,37H,7-8,10-11,13-18,20-23,27H2,1H3,(H,48,58)(H,49,50,52)(H,51,57,59). The zero-order valence-electron chi connectivity index (χ0n) is 34.0. The van der Waals surface area contributed by atoms with E-state index < -0.39 is 11.7 Å². The molecule has 60 heavy (non-hydrogen) atoms. The summed E-state index contributed by atoms with van der Waals surface area (Å²) in [6.07, 6.45) is 11.1. The number of anilines is 1. The first kappa shape index (κ1) is 39.7. The highest BCUT2D eigenvalue weighted by atomic mass is 19.1. The van der Waals surface area contributed by atoms with E-state index in [1.165, 1.54) is 11.8 Å². The summed E-state index contributed by atoms with van der Waals surface area (Å²) in [5, 5.41) is 11.6. The predicted octanol–water partition coefficient (Wildman–Crippen LogP) is 6.13. The number of rotatable bonds is 9. The second-order valence-corrected chi connectivity index (χ2v) is 17.2. The Kier molecular flexibility index (Phi) is 11.3. The van der Waals surface area contributed by atoms with Crippen molar-refractivity contribution in [2.24, 2.45) is 18.9 Å². The Hall–Kier alpha value is -5.76. The molecule has 6 heterocycles. The first-order chi connectivity index (χ1) is 29.2. The number of piperidine rings is 3. The Balaban J connectivity index is 0.721. The second kappa shape index (κ2) is 17.1. The van der Waals surface area contributed by atoms with Crippen LogP contribution in [0.1, 0.15) is 87.3 Å². The maximum absolute atomic E-state index is 15.0. The predicted molar refractivity (Wildman–Crippen MR) is 226 cm³/mol. The van der Waals surface area contributed by atoms with E-state index in [0.717, 1.165) is 101 Å². The Labute approximate surface area is 348 Å². The molecular formula is C46H52FN9O4. The number of benzene rings is 2. The Morgan fingerprint density at radius 1 is 0.883 bits per heavy atom. The van der Waals surface area contributed by atoms with Gasteiger partial charge >= 0.3 is 0 Å². The molecule has 1 aliphatic carbocycles. The van der Waals surface area contributed by atoms with E-state index in [1.807, 2.05) is 17.8 Å². The van der Waals surface area contributed by atoms with Crippen LogP contribution in [0, 0.1) is 17.7 Å². The molecule has 3 saturated heterocycles. The number of hydrogen-bond donors (Lipinski definition) is 3. The van der Waals surface area contributed by atoms with Crippen molar-refractivity contribution in [3.05, 3.63) is 94.4 Å². The number of imide groups is 1. The van der Waals surface area contributed by atoms with Gasteiger partial charge in [-0.05, 0) is 118 Å². The minimum Gasteiger partial charge on any atom is -0.351 e. The molecule has 3 N–H and O–H groups in total. The molecule has 9 rings (SSSR count). The molecule has 13 nitrogen and oxygen atoms in total. The second-order valence-electron chi connectivity index (χ2n) is 17.2. The van der Waals surface area contributed by atoms with E-state index >= 15 is 4.39 Å². The summed E-state index contributed by atoms with van der Waals surface area (Å²) >= 11 is 0. The fourth-order valence-corrected chi connectivity index (χ4v) is 9.97. The molecule has 1 unspecified atom stereocenters. The number of fused-ring (bicyclic) bond motifs is 1. The van der Waals surface area contributed by atoms with Crippen molar-refractivity contribution >= 4 is 34.6 Å². The minimum atomic E-state index is -0.539. The topological polar surface area (TPSA) is 158 Å². The van der Waals surface area contributed by atoms with E-state index in [1.54, 1.807) is 36.5 Å². The van der Waals surface area contributed by atoms with Gasteiger partial charge in [0.2, 0.25) is 23.7 Å². The molecule has 3 aliphatic heterocycles. The molecule has 3 amide bonds. The largest absolute Gasteiger partial charge is 0.351 e. The molecule has 0 spiro atoms. The molecule has 312 valence electrons. The number of halogens is 1. The highest BCUT2D eigenvalue weighted by Gasteiger charge is 2.34. The van der Waals surface area contributed by atoms with Gasteiger partial charge in [-0.2, -0.15) is 5.10 Å². The summed E-state index contributed by atoms with van der Waals surface area (Å²) in [6, 6.07) is 17.3. The third-order valence-electron chi connectivity index (χ3n) is 13.4. The zero-order chi connectivity index (χ0) is 41.3. The molecular weight excluding hydrogens is 762 g/mol. The number of amides is 3. The van der Waals surface area contributed by atoms with Crippen LogP contribution in [0.25, 0.3) is 33.3 Å². The quantitative estimate of drug-likeness (QED) is 0.149. The fraction of sp³-hybridized carbons (Fsp3) is 0.457. The molecule has 4 fully saturated rings. The summed E-state index contributed by atoms with van der Waals surface area (Å²) in [7, 11) is 1.93. The molecule has 4 aliphatic rings. The van der Waals surface area contributed by atoms with Gasteiger partial charge in [-0.3, -0.25) is 29.2 Å². The van der Waals surface area contributed by atoms with Crippen LogP contribution >= 0.6 is 0 Å². The maximum atomic E-state index is 15.0. The molecule has 0 radical (unpaired) electrons. The Bertz CT molecular complexity index is 2460. The van der Waals surface area contributed by atoms with E-state index in [9.17, 15) is 19.2 Å². The lowest BCUT2D eigenvalue weighted by atomic mass is 9.84. The zero-order valence-corrected chi connectivity index (χ0v) is 34.0. The molecule has 1 atom stereocenters. The number of pyridine rings is 1.